The van der Waals surface area contributed by atoms with Crippen LogP contribution in [0.4, 0.5) is 0 Å². The van der Waals surface area contributed by atoms with E-state index in [2.05, 4.69) is 4.90 Å². The summed E-state index contributed by atoms with van der Waals surface area (Å²) in [5, 5.41) is 0. The van der Waals surface area contributed by atoms with Gasteiger partial charge in [-0.1, -0.05) is 30.3 Å². The van der Waals surface area contributed by atoms with Crippen LogP contribution in [0.5, 0.6) is 0 Å². The van der Waals surface area contributed by atoms with Gasteiger partial charge in [-0.3, -0.25) is 4.79 Å². The molecule has 0 unspecified atom stereocenters. The van der Waals surface area contributed by atoms with E-state index in [9.17, 15) is 9.59 Å². The summed E-state index contributed by atoms with van der Waals surface area (Å²) in [5.74, 6) is -0.621. The first kappa shape index (κ1) is 14.3. The first-order chi connectivity index (χ1) is 11.2. The molecule has 0 radical (unpaired) electrons. The van der Waals surface area contributed by atoms with Crippen molar-refractivity contribution in [2.24, 2.45) is 0 Å². The van der Waals surface area contributed by atoms with E-state index in [1.54, 1.807) is 6.08 Å². The van der Waals surface area contributed by atoms with Gasteiger partial charge >= 0.3 is 11.9 Å². The summed E-state index contributed by atoms with van der Waals surface area (Å²) in [6.07, 6.45) is 4.77. The summed E-state index contributed by atoms with van der Waals surface area (Å²) < 4.78 is 11.0. The third kappa shape index (κ3) is 2.50. The molecule has 0 aromatic heterocycles. The van der Waals surface area contributed by atoms with Crippen LogP contribution in [0.2, 0.25) is 0 Å². The van der Waals surface area contributed by atoms with Crippen molar-refractivity contribution >= 4 is 11.9 Å². The average Bonchev–Trinajstić information content (AvgIpc) is 3.16. The quantitative estimate of drug-likeness (QED) is 0.794. The molecule has 3 heterocycles. The Morgan fingerprint density at radius 3 is 3.00 bits per heavy atom. The van der Waals surface area contributed by atoms with Gasteiger partial charge in [0.05, 0.1) is 12.1 Å². The summed E-state index contributed by atoms with van der Waals surface area (Å²) >= 11 is 0. The number of carbonyl (C=O) groups is 2. The van der Waals surface area contributed by atoms with Crippen LogP contribution in [0.3, 0.4) is 0 Å². The van der Waals surface area contributed by atoms with Crippen LogP contribution < -0.4 is 0 Å². The Kier molecular flexibility index (Phi) is 3.36. The van der Waals surface area contributed by atoms with Gasteiger partial charge < -0.3 is 14.4 Å². The second kappa shape index (κ2) is 5.41. The molecule has 3 aliphatic rings. The predicted molar refractivity (Wildman–Crippen MR) is 82.4 cm³/mol. The number of fused-ring (bicyclic) bond motifs is 3. The molecule has 23 heavy (non-hydrogen) atoms. The molecule has 0 spiro atoms. The Bertz CT molecular complexity index is 669. The molecule has 4 rings (SSSR count). The van der Waals surface area contributed by atoms with E-state index in [4.69, 9.17) is 9.47 Å². The number of benzene rings is 1. The second-order valence-corrected chi connectivity index (χ2v) is 6.46. The molecule has 1 aromatic rings. The number of hydrogen-bond acceptors (Lipinski definition) is 5. The number of nitrogens with zero attached hydrogens (tertiary/aromatic N) is 1. The summed E-state index contributed by atoms with van der Waals surface area (Å²) in [4.78, 5) is 26.1. The average molecular weight is 313 g/mol. The molecule has 0 saturated carbocycles. The van der Waals surface area contributed by atoms with Crippen LogP contribution >= 0.6 is 0 Å². The normalized spacial score (nSPS) is 28.2. The highest BCUT2D eigenvalue weighted by Crippen LogP contribution is 2.47. The van der Waals surface area contributed by atoms with Gasteiger partial charge in [0.15, 0.2) is 5.60 Å². The monoisotopic (exact) mass is 313 g/mol. The van der Waals surface area contributed by atoms with E-state index in [0.29, 0.717) is 6.04 Å². The van der Waals surface area contributed by atoms with E-state index in [1.165, 1.54) is 0 Å². The molecular formula is C18H19NO4. The van der Waals surface area contributed by atoms with Gasteiger partial charge in [-0.05, 0) is 18.4 Å². The van der Waals surface area contributed by atoms with Gasteiger partial charge in [0.2, 0.25) is 0 Å². The van der Waals surface area contributed by atoms with Crippen LogP contribution in [0.25, 0.3) is 0 Å². The minimum atomic E-state index is -0.755. The Hall–Kier alpha value is -2.30. The molecule has 2 fully saturated rings. The lowest BCUT2D eigenvalue weighted by molar-refractivity contribution is -0.160. The number of ether oxygens (including phenoxy) is 2. The zero-order chi connectivity index (χ0) is 15.9. The maximum absolute atomic E-state index is 12.1. The molecule has 1 aromatic carbocycles. The van der Waals surface area contributed by atoms with E-state index >= 15 is 0 Å². The summed E-state index contributed by atoms with van der Waals surface area (Å²) in [6, 6.07) is 9.90. The van der Waals surface area contributed by atoms with Crippen molar-refractivity contribution < 1.29 is 19.1 Å². The summed E-state index contributed by atoms with van der Waals surface area (Å²) in [6.45, 7) is 1.07. The highest BCUT2D eigenvalue weighted by molar-refractivity contribution is 5.87. The zero-order valence-electron chi connectivity index (χ0n) is 12.9. The van der Waals surface area contributed by atoms with Crippen molar-refractivity contribution in [1.29, 1.82) is 0 Å². The fourth-order valence-electron chi connectivity index (χ4n) is 3.93. The minimum absolute atomic E-state index is 0.114. The van der Waals surface area contributed by atoms with Crippen molar-refractivity contribution in [2.45, 2.75) is 37.3 Å². The number of esters is 2. The number of rotatable bonds is 4. The molecule has 2 saturated heterocycles. The van der Waals surface area contributed by atoms with Crippen molar-refractivity contribution in [3.63, 3.8) is 0 Å². The Balaban J connectivity index is 1.43. The highest BCUT2D eigenvalue weighted by atomic mass is 16.6. The molecule has 120 valence electrons. The van der Waals surface area contributed by atoms with E-state index in [0.717, 1.165) is 37.1 Å². The summed E-state index contributed by atoms with van der Waals surface area (Å²) in [5.41, 5.74) is 1.06. The first-order valence-corrected chi connectivity index (χ1v) is 8.08. The van der Waals surface area contributed by atoms with Crippen molar-refractivity contribution in [3.05, 3.63) is 47.7 Å². The van der Waals surface area contributed by atoms with Gasteiger partial charge in [0, 0.05) is 25.1 Å². The first-order valence-electron chi connectivity index (χ1n) is 8.08. The van der Waals surface area contributed by atoms with Crippen molar-refractivity contribution in [1.82, 2.24) is 4.90 Å². The maximum Gasteiger partial charge on any atom is 0.333 e. The van der Waals surface area contributed by atoms with Crippen LogP contribution in [-0.4, -0.2) is 41.6 Å². The zero-order valence-corrected chi connectivity index (χ0v) is 12.9. The molecule has 0 N–H and O–H groups in total. The second-order valence-electron chi connectivity index (χ2n) is 6.46. The number of carbonyl (C=O) groups excluding carboxylic acids is 2. The Labute approximate surface area is 134 Å². The molecule has 0 aliphatic carbocycles. The lowest BCUT2D eigenvalue weighted by atomic mass is 9.97. The lowest BCUT2D eigenvalue weighted by Crippen LogP contribution is -2.37. The number of hydrogen-bond donors (Lipinski definition) is 0. The molecule has 2 atom stereocenters. The molecule has 0 amide bonds. The molecule has 0 bridgehead atoms. The third-order valence-corrected chi connectivity index (χ3v) is 4.93. The van der Waals surface area contributed by atoms with Crippen LogP contribution in [0, 0.1) is 0 Å². The van der Waals surface area contributed by atoms with E-state index < -0.39 is 5.60 Å². The summed E-state index contributed by atoms with van der Waals surface area (Å²) in [7, 11) is 0. The van der Waals surface area contributed by atoms with Gasteiger partial charge in [0.1, 0.15) is 6.61 Å². The van der Waals surface area contributed by atoms with Crippen LogP contribution in [0.15, 0.2) is 42.1 Å². The molecular weight excluding hydrogens is 294 g/mol. The Morgan fingerprint density at radius 2 is 2.17 bits per heavy atom. The van der Waals surface area contributed by atoms with Gasteiger partial charge in [0.25, 0.3) is 0 Å². The maximum atomic E-state index is 12.1. The SMILES string of the molecule is O=C1C=C2N3CCC[C@@H]3C[C@]2(COC(=O)Cc2ccccc2)O1. The van der Waals surface area contributed by atoms with Gasteiger partial charge in [-0.25, -0.2) is 4.79 Å². The topological polar surface area (TPSA) is 55.8 Å². The fourth-order valence-corrected chi connectivity index (χ4v) is 3.93. The van der Waals surface area contributed by atoms with Gasteiger partial charge in [-0.2, -0.15) is 0 Å². The minimum Gasteiger partial charge on any atom is -0.461 e. The smallest absolute Gasteiger partial charge is 0.333 e. The molecule has 5 nitrogen and oxygen atoms in total. The van der Waals surface area contributed by atoms with E-state index in [-0.39, 0.29) is 25.0 Å². The third-order valence-electron chi connectivity index (χ3n) is 4.93. The van der Waals surface area contributed by atoms with E-state index in [1.807, 2.05) is 30.3 Å². The molecule has 3 aliphatic heterocycles. The van der Waals surface area contributed by atoms with Crippen molar-refractivity contribution in [2.75, 3.05) is 13.2 Å². The van der Waals surface area contributed by atoms with Crippen LogP contribution in [0.1, 0.15) is 24.8 Å². The van der Waals surface area contributed by atoms with Crippen molar-refractivity contribution in [3.8, 4) is 0 Å². The van der Waals surface area contributed by atoms with Gasteiger partial charge in [-0.15, -0.1) is 0 Å². The lowest BCUT2D eigenvalue weighted by Gasteiger charge is -2.26. The Morgan fingerprint density at radius 1 is 1.35 bits per heavy atom. The fraction of sp³-hybridized carbons (Fsp3) is 0.444. The largest absolute Gasteiger partial charge is 0.461 e. The highest BCUT2D eigenvalue weighted by Gasteiger charge is 2.56. The standard InChI is InChI=1S/C18H19NO4/c20-16(9-13-5-2-1-3-6-13)22-12-18-11-14-7-4-8-19(14)15(18)10-17(21)23-18/h1-3,5-6,10,14H,4,7-9,11-12H2/t14-,18-/m1/s1. The predicted octanol–water partition coefficient (Wildman–Crippen LogP) is 1.82. The molecule has 5 heteroatoms. The van der Waals surface area contributed by atoms with Crippen LogP contribution in [-0.2, 0) is 25.5 Å².